The smallest absolute Gasteiger partial charge is 0.261 e. The molecular formula is C24H25NO4S2. The number of fused-ring (bicyclic) bond motifs is 1. The molecule has 1 fully saturated rings. The predicted octanol–water partition coefficient (Wildman–Crippen LogP) is 6.17. The van der Waals surface area contributed by atoms with Crippen LogP contribution in [0.15, 0.2) is 76.7 Å². The van der Waals surface area contributed by atoms with Crippen LogP contribution in [0.25, 0.3) is 10.8 Å². The third kappa shape index (κ3) is 4.67. The number of nitrogens with one attached hydrogen (secondary N) is 1. The molecule has 0 aromatic heterocycles. The minimum atomic E-state index is -3.81. The first-order valence-corrected chi connectivity index (χ1v) is 12.7. The van der Waals surface area contributed by atoms with Gasteiger partial charge in [-0.3, -0.25) is 4.72 Å². The summed E-state index contributed by atoms with van der Waals surface area (Å²) in [5.41, 5.74) is 1.56. The first kappa shape index (κ1) is 21.6. The number of aromatic hydroxyl groups is 1. The number of sulfonamides is 1. The quantitative estimate of drug-likeness (QED) is 0.225. The van der Waals surface area contributed by atoms with Crippen LogP contribution in [0, 0.1) is 0 Å². The van der Waals surface area contributed by atoms with Crippen molar-refractivity contribution in [2.45, 2.75) is 41.4 Å². The van der Waals surface area contributed by atoms with Crippen LogP contribution in [0.2, 0.25) is 0 Å². The highest BCUT2D eigenvalue weighted by Crippen LogP contribution is 2.41. The molecule has 162 valence electrons. The third-order valence-corrected chi connectivity index (χ3v) is 8.12. The zero-order chi connectivity index (χ0) is 22.0. The molecule has 3 aromatic carbocycles. The number of hydrogen-bond donors (Lipinski definition) is 3. The van der Waals surface area contributed by atoms with E-state index < -0.39 is 10.0 Å². The summed E-state index contributed by atoms with van der Waals surface area (Å²) in [6, 6.07) is 15.8. The number of phenolic OH excluding ortho intramolecular Hbond substituents is 1. The number of anilines is 1. The lowest BCUT2D eigenvalue weighted by molar-refractivity contribution is 0.420. The zero-order valence-corrected chi connectivity index (χ0v) is 18.7. The molecule has 4 rings (SSSR count). The van der Waals surface area contributed by atoms with Crippen LogP contribution in [-0.4, -0.2) is 24.4 Å². The van der Waals surface area contributed by atoms with E-state index in [1.54, 1.807) is 42.5 Å². The average molecular weight is 456 g/mol. The Morgan fingerprint density at radius 1 is 1.06 bits per heavy atom. The Bertz CT molecular complexity index is 1210. The molecule has 0 atom stereocenters. The maximum absolute atomic E-state index is 13.1. The van der Waals surface area contributed by atoms with Crippen molar-refractivity contribution in [1.29, 1.82) is 0 Å². The van der Waals surface area contributed by atoms with Gasteiger partial charge in [0.15, 0.2) is 0 Å². The summed E-state index contributed by atoms with van der Waals surface area (Å²) < 4.78 is 28.9. The lowest BCUT2D eigenvalue weighted by atomic mass is 9.98. The van der Waals surface area contributed by atoms with Gasteiger partial charge in [0.1, 0.15) is 5.75 Å². The molecule has 7 heteroatoms. The third-order valence-electron chi connectivity index (χ3n) is 5.64. The van der Waals surface area contributed by atoms with Crippen LogP contribution in [0.5, 0.6) is 5.75 Å². The Hall–Kier alpha value is -2.64. The first-order valence-electron chi connectivity index (χ1n) is 10.2. The molecule has 0 radical (unpaired) electrons. The summed E-state index contributed by atoms with van der Waals surface area (Å²) in [6.07, 6.45) is 4.77. The summed E-state index contributed by atoms with van der Waals surface area (Å²) in [5, 5.41) is 21.2. The minimum Gasteiger partial charge on any atom is -0.512 e. The van der Waals surface area contributed by atoms with Gasteiger partial charge in [0.25, 0.3) is 10.0 Å². The van der Waals surface area contributed by atoms with Gasteiger partial charge in [-0.1, -0.05) is 55.8 Å². The van der Waals surface area contributed by atoms with Crippen LogP contribution in [-0.2, 0) is 10.0 Å². The number of phenols is 1. The maximum Gasteiger partial charge on any atom is 0.261 e. The minimum absolute atomic E-state index is 0.0259. The standard InChI is InChI=1S/C24H25NO4S2/c1-16(26)15-30-23-14-22(20-8-4-5-9-21(20)24(23)27)25-31(28,29)19-12-10-18(11-13-19)17-6-2-3-7-17/h4-5,8-14,17,25-27H,1-3,6-7,15H2. The molecule has 0 spiro atoms. The Labute approximate surface area is 186 Å². The fourth-order valence-electron chi connectivity index (χ4n) is 4.07. The Morgan fingerprint density at radius 2 is 1.71 bits per heavy atom. The molecule has 0 amide bonds. The van der Waals surface area contributed by atoms with Crippen LogP contribution in [0.1, 0.15) is 37.2 Å². The van der Waals surface area contributed by atoms with Crippen molar-refractivity contribution >= 4 is 38.2 Å². The van der Waals surface area contributed by atoms with E-state index in [2.05, 4.69) is 11.3 Å². The number of aliphatic hydroxyl groups excluding tert-OH is 1. The van der Waals surface area contributed by atoms with Gasteiger partial charge in [-0.15, -0.1) is 11.8 Å². The molecule has 0 saturated heterocycles. The molecule has 1 aliphatic rings. The van der Waals surface area contributed by atoms with Crippen molar-refractivity contribution in [3.8, 4) is 5.75 Å². The van der Waals surface area contributed by atoms with E-state index in [-0.39, 0.29) is 22.2 Å². The molecular weight excluding hydrogens is 430 g/mol. The van der Waals surface area contributed by atoms with Crippen LogP contribution in [0.3, 0.4) is 0 Å². The lowest BCUT2D eigenvalue weighted by Crippen LogP contribution is -2.13. The van der Waals surface area contributed by atoms with Gasteiger partial charge in [0.05, 0.1) is 27.0 Å². The van der Waals surface area contributed by atoms with Gasteiger partial charge in [-0.2, -0.15) is 0 Å². The van der Waals surface area contributed by atoms with E-state index in [0.29, 0.717) is 27.3 Å². The molecule has 0 aliphatic heterocycles. The van der Waals surface area contributed by atoms with Gasteiger partial charge in [0.2, 0.25) is 0 Å². The molecule has 5 nitrogen and oxygen atoms in total. The number of thioether (sulfide) groups is 1. The summed E-state index contributed by atoms with van der Waals surface area (Å²) in [6.45, 7) is 3.46. The second kappa shape index (κ2) is 8.85. The first-order chi connectivity index (χ1) is 14.8. The monoisotopic (exact) mass is 455 g/mol. The van der Waals surface area contributed by atoms with Gasteiger partial charge in [-0.25, -0.2) is 8.42 Å². The molecule has 1 aliphatic carbocycles. The molecule has 31 heavy (non-hydrogen) atoms. The normalized spacial score (nSPS) is 14.7. The second-order valence-corrected chi connectivity index (χ2v) is 10.5. The molecule has 0 unspecified atom stereocenters. The second-order valence-electron chi connectivity index (χ2n) is 7.83. The number of rotatable bonds is 7. The maximum atomic E-state index is 13.1. The highest BCUT2D eigenvalue weighted by atomic mass is 32.2. The fourth-order valence-corrected chi connectivity index (χ4v) is 5.91. The lowest BCUT2D eigenvalue weighted by Gasteiger charge is -2.15. The van der Waals surface area contributed by atoms with Crippen LogP contribution >= 0.6 is 11.8 Å². The molecule has 1 saturated carbocycles. The SMILES string of the molecule is C=C(O)CSc1cc(NS(=O)(=O)c2ccc(C3CCCC3)cc2)c2ccccc2c1O. The molecule has 0 heterocycles. The van der Waals surface area contributed by atoms with Gasteiger partial charge in [-0.05, 0) is 42.5 Å². The van der Waals surface area contributed by atoms with E-state index in [0.717, 1.165) is 12.8 Å². The zero-order valence-electron chi connectivity index (χ0n) is 17.0. The van der Waals surface area contributed by atoms with Crippen molar-refractivity contribution < 1.29 is 18.6 Å². The summed E-state index contributed by atoms with van der Waals surface area (Å²) >= 11 is 1.19. The largest absolute Gasteiger partial charge is 0.512 e. The average Bonchev–Trinajstić information content (AvgIpc) is 3.30. The topological polar surface area (TPSA) is 86.6 Å². The van der Waals surface area contributed by atoms with E-state index in [1.165, 1.54) is 30.2 Å². The summed E-state index contributed by atoms with van der Waals surface area (Å²) in [4.78, 5) is 0.660. The summed E-state index contributed by atoms with van der Waals surface area (Å²) in [7, 11) is -3.81. The predicted molar refractivity (Wildman–Crippen MR) is 127 cm³/mol. The van der Waals surface area contributed by atoms with Crippen molar-refractivity contribution in [3.05, 3.63) is 72.5 Å². The van der Waals surface area contributed by atoms with Gasteiger partial charge < -0.3 is 10.2 Å². The number of aliphatic hydroxyl groups is 1. The Morgan fingerprint density at radius 3 is 2.35 bits per heavy atom. The summed E-state index contributed by atoms with van der Waals surface area (Å²) in [5.74, 6) is 0.736. The number of benzene rings is 3. The molecule has 0 bridgehead atoms. The van der Waals surface area contributed by atoms with Crippen molar-refractivity contribution in [1.82, 2.24) is 0 Å². The van der Waals surface area contributed by atoms with Gasteiger partial charge >= 0.3 is 0 Å². The highest BCUT2D eigenvalue weighted by molar-refractivity contribution is 7.99. The van der Waals surface area contributed by atoms with E-state index >= 15 is 0 Å². The van der Waals surface area contributed by atoms with Crippen LogP contribution < -0.4 is 4.72 Å². The molecule has 3 aromatic rings. The number of hydrogen-bond acceptors (Lipinski definition) is 5. The molecule has 3 N–H and O–H groups in total. The van der Waals surface area contributed by atoms with Crippen molar-refractivity contribution in [2.24, 2.45) is 0 Å². The van der Waals surface area contributed by atoms with E-state index in [4.69, 9.17) is 0 Å². The van der Waals surface area contributed by atoms with Gasteiger partial charge in [0, 0.05) is 10.8 Å². The van der Waals surface area contributed by atoms with Crippen LogP contribution in [0.4, 0.5) is 5.69 Å². The Balaban J connectivity index is 1.67. The van der Waals surface area contributed by atoms with Crippen molar-refractivity contribution in [3.63, 3.8) is 0 Å². The van der Waals surface area contributed by atoms with Crippen molar-refractivity contribution in [2.75, 3.05) is 10.5 Å². The Kier molecular flexibility index (Phi) is 6.16. The highest BCUT2D eigenvalue weighted by Gasteiger charge is 2.21. The van der Waals surface area contributed by atoms with E-state index in [1.807, 2.05) is 12.1 Å². The fraction of sp³-hybridized carbons (Fsp3) is 0.250. The van der Waals surface area contributed by atoms with E-state index in [9.17, 15) is 18.6 Å².